The third-order valence-corrected chi connectivity index (χ3v) is 4.59. The van der Waals surface area contributed by atoms with E-state index in [1.165, 1.54) is 15.7 Å². The first-order valence-electron chi connectivity index (χ1n) is 5.91. The number of hydrogen-bond donors (Lipinski definition) is 0. The second kappa shape index (κ2) is 6.02. The standard InChI is InChI=1S/C14H16Br2N2/c1-10-7-12(18(2)17-10)8-11(9-15)13-5-3-4-6-14(13)16/h3-7,11H,8-9H2,1-2H3. The largest absolute Gasteiger partial charge is 0.272 e. The summed E-state index contributed by atoms with van der Waals surface area (Å²) in [5, 5.41) is 5.35. The van der Waals surface area contributed by atoms with Crippen molar-refractivity contribution in [1.29, 1.82) is 0 Å². The van der Waals surface area contributed by atoms with Crippen LogP contribution in [0.2, 0.25) is 0 Å². The number of aryl methyl sites for hydroxylation is 2. The lowest BCUT2D eigenvalue weighted by molar-refractivity contribution is 0.659. The molecule has 1 heterocycles. The Morgan fingerprint density at radius 3 is 2.61 bits per heavy atom. The maximum Gasteiger partial charge on any atom is 0.0596 e. The summed E-state index contributed by atoms with van der Waals surface area (Å²) in [7, 11) is 2.01. The van der Waals surface area contributed by atoms with E-state index in [-0.39, 0.29) is 0 Å². The minimum atomic E-state index is 0.454. The normalized spacial score (nSPS) is 12.7. The lowest BCUT2D eigenvalue weighted by Gasteiger charge is -2.16. The Balaban J connectivity index is 2.25. The highest BCUT2D eigenvalue weighted by molar-refractivity contribution is 9.10. The molecular weight excluding hydrogens is 356 g/mol. The van der Waals surface area contributed by atoms with Gasteiger partial charge in [0.15, 0.2) is 0 Å². The van der Waals surface area contributed by atoms with E-state index >= 15 is 0 Å². The number of aromatic nitrogens is 2. The monoisotopic (exact) mass is 370 g/mol. The molecule has 1 aromatic heterocycles. The molecule has 0 amide bonds. The molecule has 0 bridgehead atoms. The molecule has 0 spiro atoms. The van der Waals surface area contributed by atoms with Gasteiger partial charge in [-0.1, -0.05) is 50.1 Å². The molecule has 0 aliphatic rings. The minimum absolute atomic E-state index is 0.454. The molecule has 2 nitrogen and oxygen atoms in total. The molecule has 2 aromatic rings. The van der Waals surface area contributed by atoms with Crippen LogP contribution in [-0.4, -0.2) is 15.1 Å². The molecule has 1 atom stereocenters. The van der Waals surface area contributed by atoms with E-state index in [1.54, 1.807) is 0 Å². The highest BCUT2D eigenvalue weighted by Gasteiger charge is 2.16. The Morgan fingerprint density at radius 2 is 2.06 bits per heavy atom. The number of alkyl halides is 1. The van der Waals surface area contributed by atoms with Crippen molar-refractivity contribution in [2.24, 2.45) is 7.05 Å². The molecule has 2 rings (SSSR count). The maximum atomic E-state index is 4.40. The van der Waals surface area contributed by atoms with Gasteiger partial charge in [0.2, 0.25) is 0 Å². The van der Waals surface area contributed by atoms with E-state index in [9.17, 15) is 0 Å². The van der Waals surface area contributed by atoms with E-state index in [1.807, 2.05) is 24.7 Å². The van der Waals surface area contributed by atoms with Gasteiger partial charge in [0.25, 0.3) is 0 Å². The van der Waals surface area contributed by atoms with E-state index in [4.69, 9.17) is 0 Å². The molecule has 96 valence electrons. The van der Waals surface area contributed by atoms with Crippen molar-refractivity contribution in [2.45, 2.75) is 19.3 Å². The van der Waals surface area contributed by atoms with Crippen LogP contribution in [0.25, 0.3) is 0 Å². The Labute approximate surface area is 125 Å². The molecule has 0 aliphatic heterocycles. The van der Waals surface area contributed by atoms with Gasteiger partial charge in [-0.15, -0.1) is 0 Å². The van der Waals surface area contributed by atoms with Crippen molar-refractivity contribution >= 4 is 31.9 Å². The molecule has 0 saturated heterocycles. The van der Waals surface area contributed by atoms with Crippen LogP contribution in [0.15, 0.2) is 34.8 Å². The van der Waals surface area contributed by atoms with Crippen LogP contribution in [0, 0.1) is 6.92 Å². The third kappa shape index (κ3) is 3.04. The first kappa shape index (κ1) is 13.8. The average Bonchev–Trinajstić information content (AvgIpc) is 2.66. The van der Waals surface area contributed by atoms with Crippen LogP contribution >= 0.6 is 31.9 Å². The van der Waals surface area contributed by atoms with Gasteiger partial charge in [-0.05, 0) is 31.0 Å². The molecule has 0 aliphatic carbocycles. The topological polar surface area (TPSA) is 17.8 Å². The average molecular weight is 372 g/mol. The lowest BCUT2D eigenvalue weighted by atomic mass is 9.96. The van der Waals surface area contributed by atoms with Crippen LogP contribution in [0.4, 0.5) is 0 Å². The maximum absolute atomic E-state index is 4.40. The van der Waals surface area contributed by atoms with Crippen molar-refractivity contribution in [2.75, 3.05) is 5.33 Å². The molecular formula is C14H16Br2N2. The van der Waals surface area contributed by atoms with Crippen molar-refractivity contribution in [3.63, 3.8) is 0 Å². The van der Waals surface area contributed by atoms with Gasteiger partial charge in [-0.2, -0.15) is 5.10 Å². The fourth-order valence-corrected chi connectivity index (χ4v) is 3.35. The zero-order valence-corrected chi connectivity index (χ0v) is 13.7. The molecule has 0 saturated carbocycles. The molecule has 4 heteroatoms. The van der Waals surface area contributed by atoms with Gasteiger partial charge >= 0.3 is 0 Å². The quantitative estimate of drug-likeness (QED) is 0.736. The van der Waals surface area contributed by atoms with E-state index in [0.29, 0.717) is 5.92 Å². The van der Waals surface area contributed by atoms with Gasteiger partial charge < -0.3 is 0 Å². The summed E-state index contributed by atoms with van der Waals surface area (Å²) in [6, 6.07) is 10.6. The zero-order chi connectivity index (χ0) is 13.1. The minimum Gasteiger partial charge on any atom is -0.272 e. The molecule has 18 heavy (non-hydrogen) atoms. The van der Waals surface area contributed by atoms with Crippen molar-refractivity contribution < 1.29 is 0 Å². The second-order valence-corrected chi connectivity index (χ2v) is 5.98. The Kier molecular flexibility index (Phi) is 4.62. The SMILES string of the molecule is Cc1cc(CC(CBr)c2ccccc2Br)n(C)n1. The van der Waals surface area contributed by atoms with Gasteiger partial charge in [-0.25, -0.2) is 0 Å². The zero-order valence-electron chi connectivity index (χ0n) is 10.5. The van der Waals surface area contributed by atoms with Crippen LogP contribution in [0.5, 0.6) is 0 Å². The van der Waals surface area contributed by atoms with Crippen molar-refractivity contribution in [1.82, 2.24) is 9.78 Å². The van der Waals surface area contributed by atoms with E-state index < -0.39 is 0 Å². The highest BCUT2D eigenvalue weighted by atomic mass is 79.9. The Bertz CT molecular complexity index is 534. The lowest BCUT2D eigenvalue weighted by Crippen LogP contribution is -2.08. The summed E-state index contributed by atoms with van der Waals surface area (Å²) in [4.78, 5) is 0. The summed E-state index contributed by atoms with van der Waals surface area (Å²) in [6.07, 6.45) is 0.991. The summed E-state index contributed by atoms with van der Waals surface area (Å²) in [5.41, 5.74) is 3.69. The smallest absolute Gasteiger partial charge is 0.0596 e. The molecule has 0 fully saturated rings. The van der Waals surface area contributed by atoms with Crippen molar-refractivity contribution in [3.05, 3.63) is 51.8 Å². The molecule has 0 radical (unpaired) electrons. The van der Waals surface area contributed by atoms with Gasteiger partial charge in [-0.3, -0.25) is 4.68 Å². The fourth-order valence-electron chi connectivity index (χ4n) is 2.16. The summed E-state index contributed by atoms with van der Waals surface area (Å²) in [5.74, 6) is 0.454. The fraction of sp³-hybridized carbons (Fsp3) is 0.357. The highest BCUT2D eigenvalue weighted by Crippen LogP contribution is 2.29. The predicted octanol–water partition coefficient (Wildman–Crippen LogP) is 4.21. The van der Waals surface area contributed by atoms with E-state index in [0.717, 1.165) is 17.4 Å². The number of benzene rings is 1. The molecule has 0 N–H and O–H groups in total. The molecule has 1 unspecified atom stereocenters. The van der Waals surface area contributed by atoms with Crippen LogP contribution in [0.3, 0.4) is 0 Å². The number of hydrogen-bond acceptors (Lipinski definition) is 1. The van der Waals surface area contributed by atoms with Crippen molar-refractivity contribution in [3.8, 4) is 0 Å². The predicted molar refractivity (Wildman–Crippen MR) is 82.3 cm³/mol. The van der Waals surface area contributed by atoms with Crippen LogP contribution in [-0.2, 0) is 13.5 Å². The van der Waals surface area contributed by atoms with Crippen LogP contribution < -0.4 is 0 Å². The molecule has 1 aromatic carbocycles. The first-order valence-corrected chi connectivity index (χ1v) is 7.83. The van der Waals surface area contributed by atoms with Gasteiger partial charge in [0.1, 0.15) is 0 Å². The summed E-state index contributed by atoms with van der Waals surface area (Å²) in [6.45, 7) is 2.03. The summed E-state index contributed by atoms with van der Waals surface area (Å²) >= 11 is 7.26. The van der Waals surface area contributed by atoms with Gasteiger partial charge in [0.05, 0.1) is 5.69 Å². The number of halogens is 2. The Hall–Kier alpha value is -0.610. The first-order chi connectivity index (χ1) is 8.61. The second-order valence-electron chi connectivity index (χ2n) is 4.48. The third-order valence-electron chi connectivity index (χ3n) is 3.09. The summed E-state index contributed by atoms with van der Waals surface area (Å²) < 4.78 is 3.15. The van der Waals surface area contributed by atoms with E-state index in [2.05, 4.69) is 61.2 Å². The Morgan fingerprint density at radius 1 is 1.33 bits per heavy atom. The van der Waals surface area contributed by atoms with Crippen LogP contribution in [0.1, 0.15) is 22.9 Å². The number of rotatable bonds is 4. The number of nitrogens with zero attached hydrogens (tertiary/aromatic N) is 2. The van der Waals surface area contributed by atoms with Gasteiger partial charge in [0, 0.05) is 28.5 Å².